The van der Waals surface area contributed by atoms with E-state index < -0.39 is 53.8 Å². The van der Waals surface area contributed by atoms with Gasteiger partial charge in [0.15, 0.2) is 0 Å². The van der Waals surface area contributed by atoms with Crippen LogP contribution in [0.15, 0.2) is 60.7 Å². The molecule has 1 aliphatic heterocycles. The molecule has 14 heteroatoms. The number of nitrogens with two attached hydrogens (primary N) is 2. The number of piperidine rings is 1. The van der Waals surface area contributed by atoms with Gasteiger partial charge in [0.25, 0.3) is 0 Å². The van der Waals surface area contributed by atoms with Gasteiger partial charge in [-0.1, -0.05) is 74.5 Å². The summed E-state index contributed by atoms with van der Waals surface area (Å²) in [7, 11) is 0. The van der Waals surface area contributed by atoms with Crippen molar-refractivity contribution in [1.29, 1.82) is 0 Å². The van der Waals surface area contributed by atoms with Crippen LogP contribution in [0.25, 0.3) is 0 Å². The molecule has 1 saturated heterocycles. The minimum atomic E-state index is -1.57. The van der Waals surface area contributed by atoms with Crippen molar-refractivity contribution in [2.75, 3.05) is 19.6 Å². The molecular formula is C37H53N7O7. The van der Waals surface area contributed by atoms with Crippen molar-refractivity contribution in [2.24, 2.45) is 17.4 Å². The average molecular weight is 708 g/mol. The van der Waals surface area contributed by atoms with E-state index in [1.807, 2.05) is 74.5 Å². The fourth-order valence-electron chi connectivity index (χ4n) is 6.01. The Bertz CT molecular complexity index is 1450. The molecule has 14 nitrogen and oxygen atoms in total. The third kappa shape index (κ3) is 13.8. The molecular weight excluding hydrogens is 654 g/mol. The van der Waals surface area contributed by atoms with Crippen LogP contribution in [0.1, 0.15) is 63.5 Å². The minimum absolute atomic E-state index is 0.00561. The fraction of sp³-hybridized carbons (Fsp3) is 0.514. The number of carbonyl (C=O) groups excluding carboxylic acids is 5. The van der Waals surface area contributed by atoms with Gasteiger partial charge in [0.2, 0.25) is 23.6 Å². The van der Waals surface area contributed by atoms with Gasteiger partial charge >= 0.3 is 11.9 Å². The average Bonchev–Trinajstić information content (AvgIpc) is 3.11. The van der Waals surface area contributed by atoms with Gasteiger partial charge in [-0.25, -0.2) is 4.79 Å². The number of likely N-dealkylation sites (tertiary alicyclic amines) is 1. The lowest BCUT2D eigenvalue weighted by Crippen LogP contribution is -2.59. The molecule has 1 aliphatic rings. The topological polar surface area (TPSA) is 226 Å². The van der Waals surface area contributed by atoms with Crippen LogP contribution in [0.3, 0.4) is 0 Å². The number of hydrogen-bond donors (Lipinski definition) is 7. The van der Waals surface area contributed by atoms with E-state index in [9.17, 15) is 28.8 Å². The number of benzene rings is 2. The van der Waals surface area contributed by atoms with Gasteiger partial charge < -0.3 is 42.7 Å². The van der Waals surface area contributed by atoms with Crippen LogP contribution in [0, 0.1) is 5.92 Å². The standard InChI is InChI=1S/C37H53N7O7/c1-24(2)21-30(33(46)41-29(15-9-10-18-38)36(49)44-19-16-27(17-20-44)40-35(48)37(50)51)43-34(47)31(23-26-13-7-4-8-14-26)42-32(45)28(39)22-25-11-5-3-6-12-25/h3-8,11-14,24,27-31H,9-10,15-23,38-39H2,1-2H3,(H,40,48)(H,41,46)(H,42,45)(H,43,47)(H,50,51)/t28-,29-,30-,31-/m1/s1. The number of carboxylic acids is 1. The lowest BCUT2D eigenvalue weighted by molar-refractivity contribution is -0.150. The highest BCUT2D eigenvalue weighted by Crippen LogP contribution is 2.15. The maximum Gasteiger partial charge on any atom is 0.394 e. The van der Waals surface area contributed by atoms with Crippen LogP contribution >= 0.6 is 0 Å². The van der Waals surface area contributed by atoms with E-state index in [4.69, 9.17) is 16.6 Å². The SMILES string of the molecule is CC(C)C[C@@H](NC(=O)[C@@H](Cc1ccccc1)NC(=O)[C@H](N)Cc1ccccc1)C(=O)N[C@H](CCCCN)C(=O)N1CCC(NC(=O)C(=O)O)CC1. The van der Waals surface area contributed by atoms with Gasteiger partial charge in [-0.3, -0.25) is 24.0 Å². The van der Waals surface area contributed by atoms with Crippen LogP contribution < -0.4 is 32.7 Å². The number of unbranched alkanes of at least 4 members (excludes halogenated alkanes) is 1. The summed E-state index contributed by atoms with van der Waals surface area (Å²) in [5.74, 6) is -4.57. The fourth-order valence-corrected chi connectivity index (χ4v) is 6.01. The first kappa shape index (κ1) is 40.6. The highest BCUT2D eigenvalue weighted by atomic mass is 16.4. The number of nitrogens with one attached hydrogen (secondary N) is 4. The highest BCUT2D eigenvalue weighted by molar-refractivity contribution is 6.31. The lowest BCUT2D eigenvalue weighted by Gasteiger charge is -2.35. The Morgan fingerprint density at radius 3 is 1.84 bits per heavy atom. The summed E-state index contributed by atoms with van der Waals surface area (Å²) in [6, 6.07) is 14.3. The molecule has 5 amide bonds. The largest absolute Gasteiger partial charge is 0.474 e. The van der Waals surface area contributed by atoms with Crippen LogP contribution in [-0.4, -0.2) is 95.4 Å². The molecule has 2 aromatic rings. The molecule has 9 N–H and O–H groups in total. The zero-order valence-electron chi connectivity index (χ0n) is 29.5. The van der Waals surface area contributed by atoms with E-state index in [2.05, 4.69) is 21.3 Å². The van der Waals surface area contributed by atoms with Crippen molar-refractivity contribution >= 4 is 35.5 Å². The van der Waals surface area contributed by atoms with E-state index in [1.54, 1.807) is 4.90 Å². The van der Waals surface area contributed by atoms with E-state index >= 15 is 0 Å². The van der Waals surface area contributed by atoms with Gasteiger partial charge in [-0.2, -0.15) is 0 Å². The zero-order valence-corrected chi connectivity index (χ0v) is 29.5. The molecule has 0 radical (unpaired) electrons. The second-order valence-electron chi connectivity index (χ2n) is 13.5. The van der Waals surface area contributed by atoms with Gasteiger partial charge in [-0.15, -0.1) is 0 Å². The zero-order chi connectivity index (χ0) is 37.3. The second-order valence-corrected chi connectivity index (χ2v) is 13.5. The summed E-state index contributed by atoms with van der Waals surface area (Å²) in [5, 5.41) is 19.9. The van der Waals surface area contributed by atoms with E-state index in [1.165, 1.54) is 0 Å². The van der Waals surface area contributed by atoms with Crippen LogP contribution in [0.2, 0.25) is 0 Å². The van der Waals surface area contributed by atoms with Crippen molar-refractivity contribution in [1.82, 2.24) is 26.2 Å². The molecule has 51 heavy (non-hydrogen) atoms. The molecule has 0 aliphatic carbocycles. The maximum absolute atomic E-state index is 13.9. The molecule has 278 valence electrons. The monoisotopic (exact) mass is 707 g/mol. The van der Waals surface area contributed by atoms with Gasteiger partial charge in [0.1, 0.15) is 18.1 Å². The van der Waals surface area contributed by atoms with Gasteiger partial charge in [0, 0.05) is 25.6 Å². The normalized spacial score (nSPS) is 15.6. The summed E-state index contributed by atoms with van der Waals surface area (Å²) in [5.41, 5.74) is 13.6. The molecule has 0 saturated carbocycles. The van der Waals surface area contributed by atoms with Crippen LogP contribution in [-0.2, 0) is 41.6 Å². The third-order valence-electron chi connectivity index (χ3n) is 8.79. The quantitative estimate of drug-likeness (QED) is 0.0850. The molecule has 3 rings (SSSR count). The summed E-state index contributed by atoms with van der Waals surface area (Å²) >= 11 is 0. The number of rotatable bonds is 18. The maximum atomic E-state index is 13.9. The molecule has 0 unspecified atom stereocenters. The Morgan fingerprint density at radius 1 is 0.765 bits per heavy atom. The number of aliphatic carboxylic acids is 1. The lowest BCUT2D eigenvalue weighted by atomic mass is 9.99. The highest BCUT2D eigenvalue weighted by Gasteiger charge is 2.34. The van der Waals surface area contributed by atoms with E-state index in [0.29, 0.717) is 38.6 Å². The first-order chi connectivity index (χ1) is 24.4. The molecule has 1 heterocycles. The van der Waals surface area contributed by atoms with E-state index in [0.717, 1.165) is 11.1 Å². The second kappa shape index (κ2) is 20.8. The molecule has 0 aromatic heterocycles. The Balaban J connectivity index is 1.74. The number of amides is 5. The smallest absolute Gasteiger partial charge is 0.394 e. The molecule has 1 fully saturated rings. The molecule has 0 spiro atoms. The van der Waals surface area contributed by atoms with Crippen molar-refractivity contribution in [3.8, 4) is 0 Å². The van der Waals surface area contributed by atoms with Crippen molar-refractivity contribution in [2.45, 2.75) is 95.4 Å². The summed E-state index contributed by atoms with van der Waals surface area (Å²) in [6.45, 7) is 4.78. The molecule has 0 bridgehead atoms. The van der Waals surface area contributed by atoms with Crippen LogP contribution in [0.4, 0.5) is 0 Å². The first-order valence-corrected chi connectivity index (χ1v) is 17.6. The molecule has 2 aromatic carbocycles. The summed E-state index contributed by atoms with van der Waals surface area (Å²) in [4.78, 5) is 78.8. The van der Waals surface area contributed by atoms with Gasteiger partial charge in [0.05, 0.1) is 6.04 Å². The Kier molecular flexibility index (Phi) is 16.5. The van der Waals surface area contributed by atoms with Crippen molar-refractivity contribution < 1.29 is 33.9 Å². The number of hydrogen-bond acceptors (Lipinski definition) is 8. The minimum Gasteiger partial charge on any atom is -0.474 e. The van der Waals surface area contributed by atoms with Crippen molar-refractivity contribution in [3.05, 3.63) is 71.8 Å². The summed E-state index contributed by atoms with van der Waals surface area (Å²) < 4.78 is 0. The number of carboxylic acid groups (broad SMARTS) is 1. The predicted octanol–water partition coefficient (Wildman–Crippen LogP) is 0.620. The Morgan fingerprint density at radius 2 is 1.29 bits per heavy atom. The van der Waals surface area contributed by atoms with Crippen LogP contribution in [0.5, 0.6) is 0 Å². The first-order valence-electron chi connectivity index (χ1n) is 17.6. The Labute approximate surface area is 299 Å². The van der Waals surface area contributed by atoms with Crippen molar-refractivity contribution in [3.63, 3.8) is 0 Å². The Hall–Kier alpha value is -4.82. The summed E-state index contributed by atoms with van der Waals surface area (Å²) in [6.07, 6.45) is 2.99. The molecule has 4 atom stereocenters. The predicted molar refractivity (Wildman–Crippen MR) is 192 cm³/mol. The number of nitrogens with zero attached hydrogens (tertiary/aromatic N) is 1. The van der Waals surface area contributed by atoms with Gasteiger partial charge in [-0.05, 0) is 68.5 Å². The number of carbonyl (C=O) groups is 6. The third-order valence-corrected chi connectivity index (χ3v) is 8.79. The van der Waals surface area contributed by atoms with E-state index in [-0.39, 0.29) is 50.2 Å².